The first-order valence-electron chi connectivity index (χ1n) is 9.02. The lowest BCUT2D eigenvalue weighted by molar-refractivity contribution is -0.124. The first-order chi connectivity index (χ1) is 12.0. The van der Waals surface area contributed by atoms with Gasteiger partial charge in [-0.05, 0) is 50.3 Å². The van der Waals surface area contributed by atoms with Gasteiger partial charge in [0.15, 0.2) is 0 Å². The van der Waals surface area contributed by atoms with Crippen LogP contribution >= 0.6 is 0 Å². The molecular weight excluding hydrogens is 340 g/mol. The van der Waals surface area contributed by atoms with Crippen LogP contribution in [-0.4, -0.2) is 44.4 Å². The highest BCUT2D eigenvalue weighted by Crippen LogP contribution is 2.26. The van der Waals surface area contributed by atoms with Crippen LogP contribution in [0.15, 0.2) is 23.1 Å². The fourth-order valence-electron chi connectivity index (χ4n) is 3.38. The van der Waals surface area contributed by atoms with Gasteiger partial charge in [0.05, 0.1) is 4.90 Å². The molecular formula is C18H26N2O4S. The Kier molecular flexibility index (Phi) is 5.76. The van der Waals surface area contributed by atoms with E-state index >= 15 is 0 Å². The highest BCUT2D eigenvalue weighted by Gasteiger charge is 2.28. The van der Waals surface area contributed by atoms with E-state index in [0.29, 0.717) is 37.4 Å². The molecule has 1 N–H and O–H groups in total. The smallest absolute Gasteiger partial charge is 0.253 e. The quantitative estimate of drug-likeness (QED) is 0.889. The van der Waals surface area contributed by atoms with Crippen molar-refractivity contribution in [3.63, 3.8) is 0 Å². The van der Waals surface area contributed by atoms with Crippen molar-refractivity contribution in [2.24, 2.45) is 0 Å². The topological polar surface area (TPSA) is 75.7 Å². The van der Waals surface area contributed by atoms with Crippen molar-refractivity contribution in [1.29, 1.82) is 0 Å². The van der Waals surface area contributed by atoms with Crippen molar-refractivity contribution >= 4 is 21.6 Å². The number of carbonyl (C=O) groups excluding carboxylic acids is 1. The van der Waals surface area contributed by atoms with Crippen LogP contribution < -0.4 is 5.32 Å². The molecule has 1 aromatic carbocycles. The van der Waals surface area contributed by atoms with E-state index in [0.717, 1.165) is 32.1 Å². The molecule has 1 atom stereocenters. The fourth-order valence-corrected chi connectivity index (χ4v) is 5.15. The molecule has 2 fully saturated rings. The molecule has 0 aliphatic carbocycles. The van der Waals surface area contributed by atoms with E-state index in [9.17, 15) is 13.2 Å². The maximum absolute atomic E-state index is 13.0. The number of hydrogen-bond donors (Lipinski definition) is 1. The third-order valence-electron chi connectivity index (χ3n) is 4.86. The highest BCUT2D eigenvalue weighted by molar-refractivity contribution is 7.89. The predicted octanol–water partition coefficient (Wildman–Crippen LogP) is 2.68. The molecule has 3 rings (SSSR count). The summed E-state index contributed by atoms with van der Waals surface area (Å²) in [5, 5.41) is 2.79. The van der Waals surface area contributed by atoms with E-state index in [-0.39, 0.29) is 10.8 Å². The van der Waals surface area contributed by atoms with Gasteiger partial charge in [0.1, 0.15) is 6.10 Å². The lowest BCUT2D eigenvalue weighted by Crippen LogP contribution is -2.32. The zero-order chi connectivity index (χ0) is 17.9. The molecule has 7 heteroatoms. The second-order valence-electron chi connectivity index (χ2n) is 6.79. The molecule has 2 aliphatic rings. The number of aryl methyl sites for hydroxylation is 1. The summed E-state index contributed by atoms with van der Waals surface area (Å²) in [6.07, 6.45) is 5.08. The molecule has 25 heavy (non-hydrogen) atoms. The Bertz CT molecular complexity index is 719. The Hall–Kier alpha value is -1.44. The third kappa shape index (κ3) is 4.22. The van der Waals surface area contributed by atoms with Crippen molar-refractivity contribution in [1.82, 2.24) is 4.31 Å². The number of sulfonamides is 1. The Morgan fingerprint density at radius 1 is 1.16 bits per heavy atom. The SMILES string of the molecule is Cc1ccc(NC(=O)C2CCCO2)cc1S(=O)(=O)N1CCCCCC1. The second kappa shape index (κ2) is 7.85. The Morgan fingerprint density at radius 3 is 2.52 bits per heavy atom. The summed E-state index contributed by atoms with van der Waals surface area (Å²) in [7, 11) is -3.54. The minimum absolute atomic E-state index is 0.209. The van der Waals surface area contributed by atoms with Crippen molar-refractivity contribution in [2.75, 3.05) is 25.0 Å². The summed E-state index contributed by atoms with van der Waals surface area (Å²) >= 11 is 0. The van der Waals surface area contributed by atoms with Crippen molar-refractivity contribution < 1.29 is 17.9 Å². The summed E-state index contributed by atoms with van der Waals surface area (Å²) < 4.78 is 33.0. The van der Waals surface area contributed by atoms with Gasteiger partial charge >= 0.3 is 0 Å². The van der Waals surface area contributed by atoms with Crippen LogP contribution in [0.4, 0.5) is 5.69 Å². The molecule has 1 aromatic rings. The molecule has 0 saturated carbocycles. The fraction of sp³-hybridized carbons (Fsp3) is 0.611. The van der Waals surface area contributed by atoms with Crippen LogP contribution in [-0.2, 0) is 19.6 Å². The van der Waals surface area contributed by atoms with Gasteiger partial charge in [-0.3, -0.25) is 4.79 Å². The van der Waals surface area contributed by atoms with Crippen LogP contribution in [0.3, 0.4) is 0 Å². The van der Waals surface area contributed by atoms with Gasteiger partial charge in [-0.2, -0.15) is 4.31 Å². The van der Waals surface area contributed by atoms with Gasteiger partial charge in [-0.15, -0.1) is 0 Å². The molecule has 2 saturated heterocycles. The Morgan fingerprint density at radius 2 is 1.88 bits per heavy atom. The number of rotatable bonds is 4. The summed E-state index contributed by atoms with van der Waals surface area (Å²) in [4.78, 5) is 12.5. The number of hydrogen-bond acceptors (Lipinski definition) is 4. The lowest BCUT2D eigenvalue weighted by atomic mass is 10.2. The summed E-state index contributed by atoms with van der Waals surface area (Å²) in [5.74, 6) is -0.209. The van der Waals surface area contributed by atoms with Crippen LogP contribution in [0, 0.1) is 6.92 Å². The molecule has 138 valence electrons. The summed E-state index contributed by atoms with van der Waals surface area (Å²) in [5.41, 5.74) is 1.19. The van der Waals surface area contributed by atoms with Gasteiger partial charge < -0.3 is 10.1 Å². The third-order valence-corrected chi connectivity index (χ3v) is 6.90. The second-order valence-corrected chi connectivity index (χ2v) is 8.70. The lowest BCUT2D eigenvalue weighted by Gasteiger charge is -2.21. The number of nitrogens with one attached hydrogen (secondary N) is 1. The van der Waals surface area contributed by atoms with Gasteiger partial charge in [0.25, 0.3) is 5.91 Å². The summed E-state index contributed by atoms with van der Waals surface area (Å²) in [6, 6.07) is 5.06. The van der Waals surface area contributed by atoms with Gasteiger partial charge in [-0.1, -0.05) is 18.9 Å². The predicted molar refractivity (Wildman–Crippen MR) is 96.0 cm³/mol. The average Bonchev–Trinajstić information content (AvgIpc) is 2.98. The first-order valence-corrected chi connectivity index (χ1v) is 10.5. The number of anilines is 1. The molecule has 0 bridgehead atoms. The number of amides is 1. The molecule has 2 heterocycles. The normalized spacial score (nSPS) is 22.5. The Labute approximate surface area is 149 Å². The minimum atomic E-state index is -3.54. The number of ether oxygens (including phenoxy) is 1. The average molecular weight is 366 g/mol. The van der Waals surface area contributed by atoms with E-state index in [1.807, 2.05) is 0 Å². The maximum atomic E-state index is 13.0. The summed E-state index contributed by atoms with van der Waals surface area (Å²) in [6.45, 7) is 3.51. The van der Waals surface area contributed by atoms with E-state index in [2.05, 4.69) is 5.32 Å². The van der Waals surface area contributed by atoms with Crippen LogP contribution in [0.5, 0.6) is 0 Å². The molecule has 6 nitrogen and oxygen atoms in total. The van der Waals surface area contributed by atoms with E-state index in [4.69, 9.17) is 4.74 Å². The largest absolute Gasteiger partial charge is 0.368 e. The number of nitrogens with zero attached hydrogens (tertiary/aromatic N) is 1. The van der Waals surface area contributed by atoms with Crippen molar-refractivity contribution in [3.8, 4) is 0 Å². The molecule has 1 amide bonds. The zero-order valence-corrected chi connectivity index (χ0v) is 15.5. The first kappa shape index (κ1) is 18.4. The Balaban J connectivity index is 1.81. The molecule has 0 aromatic heterocycles. The van der Waals surface area contributed by atoms with E-state index in [1.165, 1.54) is 0 Å². The molecule has 1 unspecified atom stereocenters. The number of benzene rings is 1. The van der Waals surface area contributed by atoms with Gasteiger partial charge in [-0.25, -0.2) is 8.42 Å². The van der Waals surface area contributed by atoms with Crippen LogP contribution in [0.2, 0.25) is 0 Å². The zero-order valence-electron chi connectivity index (χ0n) is 14.7. The minimum Gasteiger partial charge on any atom is -0.368 e. The van der Waals surface area contributed by atoms with E-state index < -0.39 is 16.1 Å². The van der Waals surface area contributed by atoms with E-state index in [1.54, 1.807) is 29.4 Å². The monoisotopic (exact) mass is 366 g/mol. The number of carbonyl (C=O) groups is 1. The van der Waals surface area contributed by atoms with Crippen molar-refractivity contribution in [2.45, 2.75) is 56.4 Å². The van der Waals surface area contributed by atoms with Gasteiger partial charge in [0.2, 0.25) is 10.0 Å². The molecule has 0 spiro atoms. The molecule has 2 aliphatic heterocycles. The molecule has 0 radical (unpaired) electrons. The van der Waals surface area contributed by atoms with Crippen LogP contribution in [0.1, 0.15) is 44.1 Å². The van der Waals surface area contributed by atoms with Crippen LogP contribution in [0.25, 0.3) is 0 Å². The van der Waals surface area contributed by atoms with Crippen molar-refractivity contribution in [3.05, 3.63) is 23.8 Å². The highest BCUT2D eigenvalue weighted by atomic mass is 32.2. The standard InChI is InChI=1S/C18H26N2O4S/c1-14-8-9-15(19-18(21)16-7-6-12-24-16)13-17(14)25(22,23)20-10-4-2-3-5-11-20/h8-9,13,16H,2-7,10-12H2,1H3,(H,19,21). The van der Waals surface area contributed by atoms with Gasteiger partial charge in [0, 0.05) is 25.4 Å². The maximum Gasteiger partial charge on any atom is 0.253 e.